The van der Waals surface area contributed by atoms with Gasteiger partial charge in [0.1, 0.15) is 5.75 Å². The van der Waals surface area contributed by atoms with Gasteiger partial charge in [-0.25, -0.2) is 4.67 Å². The highest BCUT2D eigenvalue weighted by Crippen LogP contribution is 2.57. The molecule has 2 aromatic rings. The summed E-state index contributed by atoms with van der Waals surface area (Å²) in [5, 5.41) is 0.711. The molecule has 7 heteroatoms. The SMILES string of the molecule is Clc1ccc(O[P@@]2N(c3ccccc3)C[C@@H]3CCCN32)c(Br)c1.[B]. The number of hydrogen-bond donors (Lipinski definition) is 0. The average Bonchev–Trinajstić information content (AvgIpc) is 3.13. The van der Waals surface area contributed by atoms with E-state index < -0.39 is 8.45 Å². The molecule has 0 aromatic heterocycles. The highest BCUT2D eigenvalue weighted by atomic mass is 79.9. The Morgan fingerprint density at radius 3 is 2.71 bits per heavy atom. The molecule has 3 nitrogen and oxygen atoms in total. The van der Waals surface area contributed by atoms with Crippen molar-refractivity contribution in [1.82, 2.24) is 4.67 Å². The molecule has 3 radical (unpaired) electrons. The monoisotopic (exact) mass is 421 g/mol. The number of fused-ring (bicyclic) bond motifs is 1. The molecule has 0 unspecified atom stereocenters. The molecule has 2 saturated heterocycles. The molecule has 0 aliphatic carbocycles. The van der Waals surface area contributed by atoms with Crippen LogP contribution in [0.4, 0.5) is 5.69 Å². The molecule has 2 aliphatic heterocycles. The van der Waals surface area contributed by atoms with Crippen LogP contribution in [-0.2, 0) is 0 Å². The van der Waals surface area contributed by atoms with Crippen LogP contribution in [0, 0.1) is 0 Å². The van der Waals surface area contributed by atoms with Crippen molar-refractivity contribution in [3.05, 3.63) is 58.0 Å². The molecule has 0 bridgehead atoms. The summed E-state index contributed by atoms with van der Waals surface area (Å²) in [5.41, 5.74) is 1.23. The number of para-hydroxylation sites is 1. The zero-order chi connectivity index (χ0) is 15.8. The maximum atomic E-state index is 6.45. The Morgan fingerprint density at radius 1 is 1.17 bits per heavy atom. The third-order valence-corrected chi connectivity index (χ3v) is 7.27. The predicted octanol–water partition coefficient (Wildman–Crippen LogP) is 5.31. The summed E-state index contributed by atoms with van der Waals surface area (Å²) in [6.07, 6.45) is 2.52. The van der Waals surface area contributed by atoms with E-state index >= 15 is 0 Å². The third-order valence-electron chi connectivity index (χ3n) is 4.28. The van der Waals surface area contributed by atoms with Gasteiger partial charge < -0.3 is 9.19 Å². The van der Waals surface area contributed by atoms with Gasteiger partial charge in [-0.15, -0.1) is 0 Å². The zero-order valence-electron chi connectivity index (χ0n) is 13.1. The lowest BCUT2D eigenvalue weighted by Gasteiger charge is -2.29. The maximum Gasteiger partial charge on any atom is 0.279 e. The van der Waals surface area contributed by atoms with E-state index in [1.54, 1.807) is 0 Å². The lowest BCUT2D eigenvalue weighted by molar-refractivity contribution is 0.431. The van der Waals surface area contributed by atoms with Gasteiger partial charge >= 0.3 is 0 Å². The average molecular weight is 422 g/mol. The molecule has 0 spiro atoms. The summed E-state index contributed by atoms with van der Waals surface area (Å²) in [5.74, 6) is 0.856. The minimum Gasteiger partial charge on any atom is -0.439 e. The van der Waals surface area contributed by atoms with Crippen LogP contribution >= 0.6 is 36.0 Å². The maximum absolute atomic E-state index is 6.45. The van der Waals surface area contributed by atoms with Gasteiger partial charge in [-0.05, 0) is 59.1 Å². The lowest BCUT2D eigenvalue weighted by atomic mass is 10.2. The van der Waals surface area contributed by atoms with E-state index in [9.17, 15) is 0 Å². The van der Waals surface area contributed by atoms with Crippen molar-refractivity contribution in [2.24, 2.45) is 0 Å². The standard InChI is InChI=1S/C17H17BrClN2OP.B/c18-16-11-13(19)8-9-17(16)22-23-20-10-4-7-15(20)12-21(23)14-5-2-1-3-6-14;/h1-3,5-6,8-9,11,15H,4,7,10,12H2;/t15-,23+;/m0./s1. The second-order valence-corrected chi connectivity index (χ2v) is 8.77. The molecule has 2 fully saturated rings. The number of halogens is 2. The van der Waals surface area contributed by atoms with Gasteiger partial charge in [0.2, 0.25) is 0 Å². The summed E-state index contributed by atoms with van der Waals surface area (Å²) < 4.78 is 12.3. The largest absolute Gasteiger partial charge is 0.439 e. The summed E-state index contributed by atoms with van der Waals surface area (Å²) in [6.45, 7) is 2.16. The Labute approximate surface area is 159 Å². The van der Waals surface area contributed by atoms with Crippen molar-refractivity contribution in [2.75, 3.05) is 17.8 Å². The van der Waals surface area contributed by atoms with Gasteiger partial charge in [0.05, 0.1) is 4.47 Å². The topological polar surface area (TPSA) is 15.7 Å². The Balaban J connectivity index is 0.00000169. The fourth-order valence-electron chi connectivity index (χ4n) is 3.18. The molecule has 24 heavy (non-hydrogen) atoms. The van der Waals surface area contributed by atoms with Crippen LogP contribution in [0.1, 0.15) is 12.8 Å². The first-order valence-electron chi connectivity index (χ1n) is 7.74. The normalized spacial score (nSPS) is 23.0. The Bertz CT molecular complexity index is 708. The van der Waals surface area contributed by atoms with Gasteiger partial charge in [0, 0.05) is 38.3 Å². The van der Waals surface area contributed by atoms with Gasteiger partial charge in [0.25, 0.3) is 8.45 Å². The van der Waals surface area contributed by atoms with Crippen molar-refractivity contribution in [2.45, 2.75) is 18.9 Å². The predicted molar refractivity (Wildman–Crippen MR) is 106 cm³/mol. The molecule has 2 aromatic carbocycles. The van der Waals surface area contributed by atoms with Crippen LogP contribution < -0.4 is 9.19 Å². The molecule has 123 valence electrons. The lowest BCUT2D eigenvalue weighted by Crippen LogP contribution is -2.20. The van der Waals surface area contributed by atoms with E-state index in [2.05, 4.69) is 55.6 Å². The summed E-state index contributed by atoms with van der Waals surface area (Å²) in [4.78, 5) is 0. The fraction of sp³-hybridized carbons (Fsp3) is 0.294. The Kier molecular flexibility index (Phi) is 5.76. The van der Waals surface area contributed by atoms with Crippen LogP contribution in [0.15, 0.2) is 53.0 Å². The highest BCUT2D eigenvalue weighted by molar-refractivity contribution is 9.10. The van der Waals surface area contributed by atoms with Crippen LogP contribution in [0.5, 0.6) is 5.75 Å². The minimum absolute atomic E-state index is 0. The fourth-order valence-corrected chi connectivity index (χ4v) is 6.33. The Hall–Kier alpha value is -0.735. The highest BCUT2D eigenvalue weighted by Gasteiger charge is 2.45. The van der Waals surface area contributed by atoms with Crippen molar-refractivity contribution in [1.29, 1.82) is 0 Å². The number of anilines is 1. The van der Waals surface area contributed by atoms with Gasteiger partial charge in [-0.1, -0.05) is 29.8 Å². The van der Waals surface area contributed by atoms with E-state index in [4.69, 9.17) is 16.1 Å². The molecular formula is C17H17BBrClN2OP. The van der Waals surface area contributed by atoms with E-state index in [0.29, 0.717) is 11.1 Å². The Morgan fingerprint density at radius 2 is 1.96 bits per heavy atom. The van der Waals surface area contributed by atoms with Gasteiger partial charge in [0.15, 0.2) is 0 Å². The molecular weight excluding hydrogens is 405 g/mol. The quantitative estimate of drug-likeness (QED) is 0.492. The third kappa shape index (κ3) is 3.46. The van der Waals surface area contributed by atoms with Crippen LogP contribution in [0.2, 0.25) is 5.02 Å². The van der Waals surface area contributed by atoms with Crippen LogP contribution in [-0.4, -0.2) is 32.2 Å². The smallest absolute Gasteiger partial charge is 0.279 e. The van der Waals surface area contributed by atoms with E-state index in [-0.39, 0.29) is 8.41 Å². The van der Waals surface area contributed by atoms with Crippen molar-refractivity contribution < 1.29 is 4.52 Å². The van der Waals surface area contributed by atoms with Crippen LogP contribution in [0.3, 0.4) is 0 Å². The van der Waals surface area contributed by atoms with Crippen molar-refractivity contribution in [3.8, 4) is 5.75 Å². The molecule has 2 atom stereocenters. The molecule has 0 saturated carbocycles. The number of hydrogen-bond acceptors (Lipinski definition) is 3. The first-order valence-corrected chi connectivity index (χ1v) is 10.1. The second-order valence-electron chi connectivity index (χ2n) is 5.80. The van der Waals surface area contributed by atoms with Gasteiger partial charge in [-0.2, -0.15) is 0 Å². The summed E-state index contributed by atoms with van der Waals surface area (Å²) in [6, 6.07) is 16.9. The molecule has 0 N–H and O–H groups in total. The van der Waals surface area contributed by atoms with E-state index in [1.165, 1.54) is 18.5 Å². The number of nitrogens with zero attached hydrogens (tertiary/aromatic N) is 2. The molecule has 4 rings (SSSR count). The van der Waals surface area contributed by atoms with Crippen molar-refractivity contribution >= 4 is 50.1 Å². The zero-order valence-corrected chi connectivity index (χ0v) is 16.3. The number of rotatable bonds is 3. The van der Waals surface area contributed by atoms with E-state index in [0.717, 1.165) is 23.3 Å². The van der Waals surface area contributed by atoms with Crippen molar-refractivity contribution in [3.63, 3.8) is 0 Å². The first-order chi connectivity index (χ1) is 11.2. The van der Waals surface area contributed by atoms with Gasteiger partial charge in [-0.3, -0.25) is 0 Å². The minimum atomic E-state index is -0.834. The second kappa shape index (κ2) is 7.66. The summed E-state index contributed by atoms with van der Waals surface area (Å²) in [7, 11) is -0.834. The van der Waals surface area contributed by atoms with Crippen LogP contribution in [0.25, 0.3) is 0 Å². The molecule has 0 amide bonds. The number of benzene rings is 2. The summed E-state index contributed by atoms with van der Waals surface area (Å²) >= 11 is 9.61. The molecule has 2 heterocycles. The first kappa shape index (κ1) is 18.1. The van der Waals surface area contributed by atoms with E-state index in [1.807, 2.05) is 18.2 Å². The molecule has 2 aliphatic rings.